The molecule has 168 valence electrons. The first-order valence-electron chi connectivity index (χ1n) is 10.7. The molecule has 31 heavy (non-hydrogen) atoms. The van der Waals surface area contributed by atoms with Gasteiger partial charge in [0.25, 0.3) is 0 Å². The van der Waals surface area contributed by atoms with Crippen molar-refractivity contribution in [3.8, 4) is 0 Å². The predicted molar refractivity (Wildman–Crippen MR) is 121 cm³/mol. The topological polar surface area (TPSA) is 69.7 Å². The third-order valence-electron chi connectivity index (χ3n) is 5.71. The Kier molecular flexibility index (Phi) is 7.33. The Hall–Kier alpha value is -2.45. The van der Waals surface area contributed by atoms with Gasteiger partial charge in [0.2, 0.25) is 15.9 Å². The van der Waals surface area contributed by atoms with Gasteiger partial charge < -0.3 is 10.2 Å². The molecule has 1 aliphatic heterocycles. The fourth-order valence-electron chi connectivity index (χ4n) is 3.94. The lowest BCUT2D eigenvalue weighted by atomic mass is 9.97. The molecule has 0 aliphatic carbocycles. The van der Waals surface area contributed by atoms with Gasteiger partial charge >= 0.3 is 0 Å². The summed E-state index contributed by atoms with van der Waals surface area (Å²) in [7, 11) is -3.68. The average Bonchev–Trinajstić information content (AvgIpc) is 2.75. The van der Waals surface area contributed by atoms with Gasteiger partial charge in [0.15, 0.2) is 0 Å². The van der Waals surface area contributed by atoms with Crippen LogP contribution in [0.25, 0.3) is 0 Å². The summed E-state index contributed by atoms with van der Waals surface area (Å²) in [5, 5.41) is 2.95. The van der Waals surface area contributed by atoms with Gasteiger partial charge in [0.1, 0.15) is 5.82 Å². The summed E-state index contributed by atoms with van der Waals surface area (Å²) in [6.07, 6.45) is 0.891. The maximum Gasteiger partial charge on any atom is 0.243 e. The molecule has 2 aromatic carbocycles. The molecule has 0 aromatic heterocycles. The predicted octanol–water partition coefficient (Wildman–Crippen LogP) is 4.10. The van der Waals surface area contributed by atoms with E-state index in [2.05, 4.69) is 31.0 Å². The summed E-state index contributed by atoms with van der Waals surface area (Å²) in [6, 6.07) is 13.0. The van der Waals surface area contributed by atoms with E-state index < -0.39 is 15.8 Å². The van der Waals surface area contributed by atoms with Crippen LogP contribution in [0.1, 0.15) is 33.6 Å². The third kappa shape index (κ3) is 5.43. The van der Waals surface area contributed by atoms with Crippen LogP contribution in [0.3, 0.4) is 0 Å². The Bertz CT molecular complexity index is 984. The van der Waals surface area contributed by atoms with E-state index in [4.69, 9.17) is 0 Å². The molecule has 1 saturated heterocycles. The molecular formula is C23H30FN3O3S. The van der Waals surface area contributed by atoms with Crippen molar-refractivity contribution in [2.75, 3.05) is 29.9 Å². The second kappa shape index (κ2) is 9.78. The zero-order valence-corrected chi connectivity index (χ0v) is 19.0. The number of piperidine rings is 1. The molecular weight excluding hydrogens is 417 g/mol. The van der Waals surface area contributed by atoms with Gasteiger partial charge in [-0.2, -0.15) is 4.31 Å². The van der Waals surface area contributed by atoms with Crippen molar-refractivity contribution in [1.29, 1.82) is 0 Å². The van der Waals surface area contributed by atoms with Gasteiger partial charge in [-0.15, -0.1) is 0 Å². The number of hydrogen-bond donors (Lipinski definition) is 1. The van der Waals surface area contributed by atoms with E-state index in [1.807, 2.05) is 24.3 Å². The number of benzene rings is 2. The van der Waals surface area contributed by atoms with E-state index in [0.29, 0.717) is 18.9 Å². The number of carbonyl (C=O) groups is 1. The highest BCUT2D eigenvalue weighted by Crippen LogP contribution is 2.26. The lowest BCUT2D eigenvalue weighted by Crippen LogP contribution is -2.41. The van der Waals surface area contributed by atoms with Crippen LogP contribution in [0.2, 0.25) is 0 Å². The number of carbonyl (C=O) groups excluding carboxylic acids is 1. The van der Waals surface area contributed by atoms with Gasteiger partial charge in [0, 0.05) is 43.0 Å². The molecule has 6 nitrogen and oxygen atoms in total. The van der Waals surface area contributed by atoms with E-state index in [9.17, 15) is 17.6 Å². The molecule has 1 heterocycles. The van der Waals surface area contributed by atoms with Crippen LogP contribution in [0.4, 0.5) is 15.8 Å². The number of anilines is 2. The van der Waals surface area contributed by atoms with Gasteiger partial charge in [-0.1, -0.05) is 0 Å². The quantitative estimate of drug-likeness (QED) is 0.694. The molecule has 2 aromatic rings. The van der Waals surface area contributed by atoms with E-state index in [1.165, 1.54) is 16.4 Å². The Morgan fingerprint density at radius 2 is 1.68 bits per heavy atom. The molecule has 0 saturated carbocycles. The molecule has 0 unspecified atom stereocenters. The highest BCUT2D eigenvalue weighted by molar-refractivity contribution is 7.89. The fourth-order valence-corrected chi connectivity index (χ4v) is 5.41. The summed E-state index contributed by atoms with van der Waals surface area (Å²) >= 11 is 0. The molecule has 3 rings (SSSR count). The summed E-state index contributed by atoms with van der Waals surface area (Å²) in [5.41, 5.74) is 1.84. The smallest absolute Gasteiger partial charge is 0.243 e. The van der Waals surface area contributed by atoms with Gasteiger partial charge in [0.05, 0.1) is 4.90 Å². The lowest BCUT2D eigenvalue weighted by molar-refractivity contribution is -0.120. The van der Waals surface area contributed by atoms with Crippen molar-refractivity contribution in [2.24, 2.45) is 5.92 Å². The van der Waals surface area contributed by atoms with Crippen molar-refractivity contribution < 1.29 is 17.6 Å². The van der Waals surface area contributed by atoms with Crippen LogP contribution in [0.5, 0.6) is 0 Å². The molecule has 0 bridgehead atoms. The van der Waals surface area contributed by atoms with Crippen molar-refractivity contribution in [1.82, 2.24) is 4.31 Å². The molecule has 1 fully saturated rings. The first-order valence-corrected chi connectivity index (χ1v) is 12.1. The third-order valence-corrected chi connectivity index (χ3v) is 7.62. The number of hydrogen-bond acceptors (Lipinski definition) is 4. The second-order valence-electron chi connectivity index (χ2n) is 8.05. The number of nitrogens with zero attached hydrogens (tertiary/aromatic N) is 2. The molecule has 0 spiro atoms. The van der Waals surface area contributed by atoms with Crippen molar-refractivity contribution >= 4 is 27.3 Å². The molecule has 0 radical (unpaired) electrons. The number of halogens is 1. The maximum absolute atomic E-state index is 13.1. The van der Waals surface area contributed by atoms with Crippen molar-refractivity contribution in [3.63, 3.8) is 0 Å². The summed E-state index contributed by atoms with van der Waals surface area (Å²) in [4.78, 5) is 15.0. The summed E-state index contributed by atoms with van der Waals surface area (Å²) in [5.74, 6) is -0.820. The second-order valence-corrected chi connectivity index (χ2v) is 9.99. The fraction of sp³-hybridized carbons (Fsp3) is 0.435. The number of nitrogens with one attached hydrogen (secondary N) is 1. The first-order chi connectivity index (χ1) is 14.7. The minimum absolute atomic E-state index is 0.0689. The van der Waals surface area contributed by atoms with Gasteiger partial charge in [-0.05, 0) is 82.1 Å². The molecule has 1 aliphatic rings. The van der Waals surface area contributed by atoms with Crippen LogP contribution in [-0.4, -0.2) is 44.3 Å². The van der Waals surface area contributed by atoms with E-state index in [1.54, 1.807) is 0 Å². The van der Waals surface area contributed by atoms with Crippen molar-refractivity contribution in [2.45, 2.75) is 44.6 Å². The van der Waals surface area contributed by atoms with Crippen LogP contribution in [-0.2, 0) is 14.8 Å². The minimum Gasteiger partial charge on any atom is -0.369 e. The number of rotatable bonds is 7. The van der Waals surface area contributed by atoms with Gasteiger partial charge in [-0.3, -0.25) is 4.79 Å². The monoisotopic (exact) mass is 447 g/mol. The molecule has 8 heteroatoms. The first kappa shape index (κ1) is 23.2. The molecule has 1 N–H and O–H groups in total. The van der Waals surface area contributed by atoms with Crippen LogP contribution in [0.15, 0.2) is 53.4 Å². The number of sulfonamides is 1. The average molecular weight is 448 g/mol. The Morgan fingerprint density at radius 1 is 1.10 bits per heavy atom. The van der Waals surface area contributed by atoms with Crippen LogP contribution in [0, 0.1) is 11.7 Å². The number of amides is 1. The Labute approximate surface area is 184 Å². The zero-order chi connectivity index (χ0) is 22.6. The standard InChI is InChI=1S/C23H30FN3O3S/c1-4-27(17(2)3)21-9-7-20(8-10-21)25-23(28)18-13-15-26(16-14-18)31(29,30)22-11-5-19(24)6-12-22/h5-12,17-18H,4,13-16H2,1-3H3,(H,25,28). The molecule has 1 amide bonds. The van der Waals surface area contributed by atoms with E-state index in [0.717, 1.165) is 30.1 Å². The Morgan fingerprint density at radius 3 is 2.19 bits per heavy atom. The lowest BCUT2D eigenvalue weighted by Gasteiger charge is -2.30. The maximum atomic E-state index is 13.1. The Balaban J connectivity index is 1.57. The van der Waals surface area contributed by atoms with Gasteiger partial charge in [-0.25, -0.2) is 12.8 Å². The highest BCUT2D eigenvalue weighted by Gasteiger charge is 2.32. The normalized spacial score (nSPS) is 15.8. The molecule has 0 atom stereocenters. The summed E-state index contributed by atoms with van der Waals surface area (Å²) in [6.45, 7) is 7.82. The van der Waals surface area contributed by atoms with E-state index >= 15 is 0 Å². The largest absolute Gasteiger partial charge is 0.369 e. The van der Waals surface area contributed by atoms with Crippen LogP contribution < -0.4 is 10.2 Å². The SMILES string of the molecule is CCN(c1ccc(NC(=O)C2CCN(S(=O)(=O)c3ccc(F)cc3)CC2)cc1)C(C)C. The zero-order valence-electron chi connectivity index (χ0n) is 18.2. The minimum atomic E-state index is -3.68. The highest BCUT2D eigenvalue weighted by atomic mass is 32.2. The van der Waals surface area contributed by atoms with Crippen LogP contribution >= 0.6 is 0 Å². The summed E-state index contributed by atoms with van der Waals surface area (Å²) < 4.78 is 39.9. The van der Waals surface area contributed by atoms with Crippen molar-refractivity contribution in [3.05, 3.63) is 54.3 Å². The van der Waals surface area contributed by atoms with E-state index in [-0.39, 0.29) is 29.8 Å².